The van der Waals surface area contributed by atoms with Crippen LogP contribution in [0.4, 0.5) is 0 Å². The van der Waals surface area contributed by atoms with Crippen molar-refractivity contribution < 1.29 is 24.0 Å². The van der Waals surface area contributed by atoms with Gasteiger partial charge in [0, 0.05) is 31.9 Å². The summed E-state index contributed by atoms with van der Waals surface area (Å²) < 4.78 is 11.7. The molecule has 3 atom stereocenters. The maximum Gasteiger partial charge on any atom is 0.480 e. The van der Waals surface area contributed by atoms with Gasteiger partial charge in [-0.15, -0.1) is 0 Å². The van der Waals surface area contributed by atoms with Crippen molar-refractivity contribution in [2.75, 3.05) is 26.3 Å². The molecule has 1 saturated heterocycles. The number of hydrogen-bond donors (Lipinski definition) is 4. The van der Waals surface area contributed by atoms with Gasteiger partial charge in [-0.3, -0.25) is 9.59 Å². The molecule has 10 heteroatoms. The molecule has 4 N–H and O–H groups in total. The van der Waals surface area contributed by atoms with Gasteiger partial charge in [0.2, 0.25) is 5.91 Å². The number of aliphatic hydroxyl groups is 1. The van der Waals surface area contributed by atoms with Crippen LogP contribution in [0, 0.1) is 5.92 Å². The highest BCUT2D eigenvalue weighted by Gasteiger charge is 2.36. The Morgan fingerprint density at radius 2 is 1.71 bits per heavy atom. The van der Waals surface area contributed by atoms with Crippen molar-refractivity contribution in [3.63, 3.8) is 0 Å². The molecule has 1 aliphatic rings. The first-order chi connectivity index (χ1) is 16.8. The van der Waals surface area contributed by atoms with E-state index in [2.05, 4.69) is 20.9 Å². The highest BCUT2D eigenvalue weighted by atomic mass is 16.6. The summed E-state index contributed by atoms with van der Waals surface area (Å²) in [6.45, 7) is 7.85. The van der Waals surface area contributed by atoms with E-state index in [9.17, 15) is 14.7 Å². The van der Waals surface area contributed by atoms with Crippen LogP contribution >= 0.6 is 0 Å². The van der Waals surface area contributed by atoms with Crippen molar-refractivity contribution in [1.82, 2.24) is 20.9 Å². The van der Waals surface area contributed by atoms with Gasteiger partial charge in [-0.05, 0) is 31.4 Å². The number of hydrogen-bond acceptors (Lipinski definition) is 7. The topological polar surface area (TPSA) is 122 Å². The minimum absolute atomic E-state index is 0.155. The third-order valence-corrected chi connectivity index (χ3v) is 5.61. The zero-order valence-corrected chi connectivity index (χ0v) is 20.6. The lowest BCUT2D eigenvalue weighted by Crippen LogP contribution is -2.59. The van der Waals surface area contributed by atoms with Gasteiger partial charge in [0.1, 0.15) is 11.7 Å². The van der Waals surface area contributed by atoms with Crippen molar-refractivity contribution in [2.24, 2.45) is 5.92 Å². The van der Waals surface area contributed by atoms with Gasteiger partial charge in [0.05, 0.1) is 17.7 Å². The minimum Gasteiger partial charge on any atom is -0.408 e. The first-order valence-corrected chi connectivity index (χ1v) is 12.1. The van der Waals surface area contributed by atoms with Crippen LogP contribution in [0.1, 0.15) is 37.7 Å². The molecular weight excluding hydrogens is 447 g/mol. The zero-order chi connectivity index (χ0) is 25.2. The van der Waals surface area contributed by atoms with E-state index in [0.717, 1.165) is 5.56 Å². The Bertz CT molecular complexity index is 952. The highest BCUT2D eigenvalue weighted by molar-refractivity contribution is 6.47. The van der Waals surface area contributed by atoms with Crippen molar-refractivity contribution in [1.29, 1.82) is 0 Å². The van der Waals surface area contributed by atoms with Gasteiger partial charge in [-0.25, -0.2) is 4.98 Å². The number of nitrogens with one attached hydrogen (secondary N) is 3. The Labute approximate surface area is 207 Å². The summed E-state index contributed by atoms with van der Waals surface area (Å²) in [5, 5.41) is 19.1. The second-order valence-corrected chi connectivity index (χ2v) is 9.07. The quantitative estimate of drug-likeness (QED) is 0.399. The molecule has 2 heterocycles. The van der Waals surface area contributed by atoms with Gasteiger partial charge in [-0.2, -0.15) is 0 Å². The normalized spacial score (nSPS) is 17.1. The van der Waals surface area contributed by atoms with Gasteiger partial charge in [-0.1, -0.05) is 50.2 Å². The van der Waals surface area contributed by atoms with E-state index >= 15 is 0 Å². The molecule has 1 aliphatic heterocycles. The predicted octanol–water partition coefficient (Wildman–Crippen LogP) is 1.42. The summed E-state index contributed by atoms with van der Waals surface area (Å²) in [5.41, 5.74) is 1.67. The van der Waals surface area contributed by atoms with Crippen LogP contribution in [0.15, 0.2) is 48.5 Å². The molecule has 2 aromatic rings. The smallest absolute Gasteiger partial charge is 0.408 e. The molecule has 9 nitrogen and oxygen atoms in total. The monoisotopic (exact) mass is 482 g/mol. The SMILES string of the molecule is CC(C)C[C@H](NC(=O)[C@@H](NC(=O)c1cccc(-c2ccccc2)n1)[C@@H](C)O)B1OCCNCCO1. The van der Waals surface area contributed by atoms with Gasteiger partial charge in [0.15, 0.2) is 0 Å². The first-order valence-electron chi connectivity index (χ1n) is 12.1. The van der Waals surface area contributed by atoms with Crippen LogP contribution in [0.5, 0.6) is 0 Å². The minimum atomic E-state index is -1.17. The molecule has 0 aliphatic carbocycles. The zero-order valence-electron chi connectivity index (χ0n) is 20.6. The summed E-state index contributed by atoms with van der Waals surface area (Å²) >= 11 is 0. The molecule has 3 rings (SSSR count). The molecule has 1 aromatic carbocycles. The molecule has 188 valence electrons. The van der Waals surface area contributed by atoms with E-state index in [1.54, 1.807) is 12.1 Å². The number of amides is 2. The number of pyridine rings is 1. The molecule has 0 spiro atoms. The molecule has 0 radical (unpaired) electrons. The molecular formula is C25H35BN4O5. The lowest BCUT2D eigenvalue weighted by atomic mass is 9.73. The maximum atomic E-state index is 13.2. The Balaban J connectivity index is 1.71. The first kappa shape index (κ1) is 26.8. The van der Waals surface area contributed by atoms with Crippen LogP contribution < -0.4 is 16.0 Å². The third kappa shape index (κ3) is 8.14. The Hall–Kier alpha value is -2.79. The van der Waals surface area contributed by atoms with Crippen LogP contribution in [0.25, 0.3) is 11.3 Å². The maximum absolute atomic E-state index is 13.2. The van der Waals surface area contributed by atoms with E-state index in [4.69, 9.17) is 9.31 Å². The fourth-order valence-electron chi connectivity index (χ4n) is 3.87. The molecule has 1 aromatic heterocycles. The number of carbonyl (C=O) groups is 2. The van der Waals surface area contributed by atoms with Crippen molar-refractivity contribution in [3.05, 3.63) is 54.2 Å². The third-order valence-electron chi connectivity index (χ3n) is 5.61. The lowest BCUT2D eigenvalue weighted by Gasteiger charge is -2.30. The van der Waals surface area contributed by atoms with Crippen molar-refractivity contribution in [2.45, 2.75) is 45.3 Å². The number of nitrogens with zero attached hydrogens (tertiary/aromatic N) is 1. The molecule has 0 unspecified atom stereocenters. The Morgan fingerprint density at radius 3 is 2.34 bits per heavy atom. The van der Waals surface area contributed by atoms with E-state index in [-0.39, 0.29) is 11.6 Å². The van der Waals surface area contributed by atoms with E-state index < -0.39 is 37.0 Å². The largest absolute Gasteiger partial charge is 0.480 e. The van der Waals surface area contributed by atoms with Crippen molar-refractivity contribution >= 4 is 18.9 Å². The number of aliphatic hydroxyl groups excluding tert-OH is 1. The van der Waals surface area contributed by atoms with E-state index in [0.29, 0.717) is 38.4 Å². The Kier molecular flexibility index (Phi) is 10.2. The Morgan fingerprint density at radius 1 is 1.03 bits per heavy atom. The standard InChI is InChI=1S/C25H35BN4O5/c1-17(2)16-22(26-34-14-12-27-13-15-35-26)29-25(33)23(18(3)31)30-24(32)21-11-7-10-20(28-21)19-8-5-4-6-9-19/h4-11,17-18,22-23,27,31H,12-16H2,1-3H3,(H,29,33)(H,30,32)/t18-,22+,23+/m1/s1. The van der Waals surface area contributed by atoms with E-state index in [1.807, 2.05) is 50.2 Å². The van der Waals surface area contributed by atoms with E-state index in [1.165, 1.54) is 6.92 Å². The second-order valence-electron chi connectivity index (χ2n) is 9.07. The van der Waals surface area contributed by atoms with Gasteiger partial charge >= 0.3 is 7.12 Å². The summed E-state index contributed by atoms with van der Waals surface area (Å²) in [6, 6.07) is 13.4. The van der Waals surface area contributed by atoms with Crippen LogP contribution in [0.3, 0.4) is 0 Å². The van der Waals surface area contributed by atoms with Gasteiger partial charge < -0.3 is 30.4 Å². The fraction of sp³-hybridized carbons (Fsp3) is 0.480. The number of carbonyl (C=O) groups excluding carboxylic acids is 2. The van der Waals surface area contributed by atoms with Gasteiger partial charge in [0.25, 0.3) is 5.91 Å². The summed E-state index contributed by atoms with van der Waals surface area (Å²) in [7, 11) is -0.613. The summed E-state index contributed by atoms with van der Waals surface area (Å²) in [4.78, 5) is 30.6. The fourth-order valence-corrected chi connectivity index (χ4v) is 3.87. The highest BCUT2D eigenvalue weighted by Crippen LogP contribution is 2.17. The van der Waals surface area contributed by atoms with Crippen LogP contribution in [-0.4, -0.2) is 73.4 Å². The summed E-state index contributed by atoms with van der Waals surface area (Å²) in [5.74, 6) is -1.22. The average Bonchev–Trinajstić information content (AvgIpc) is 2.82. The van der Waals surface area contributed by atoms with Crippen molar-refractivity contribution in [3.8, 4) is 11.3 Å². The molecule has 0 bridgehead atoms. The predicted molar refractivity (Wildman–Crippen MR) is 135 cm³/mol. The molecule has 0 saturated carbocycles. The van der Waals surface area contributed by atoms with Crippen LogP contribution in [0.2, 0.25) is 0 Å². The summed E-state index contributed by atoms with van der Waals surface area (Å²) in [6.07, 6.45) is -0.510. The number of aromatic nitrogens is 1. The van der Waals surface area contributed by atoms with Crippen LogP contribution in [-0.2, 0) is 14.1 Å². The second kappa shape index (κ2) is 13.3. The number of rotatable bonds is 9. The molecule has 2 amide bonds. The average molecular weight is 482 g/mol. The molecule has 35 heavy (non-hydrogen) atoms. The number of benzene rings is 1. The lowest BCUT2D eigenvalue weighted by molar-refractivity contribution is -0.125. The molecule has 1 fully saturated rings.